The lowest BCUT2D eigenvalue weighted by Gasteiger charge is -2.23. The number of amides is 1. The van der Waals surface area contributed by atoms with Crippen molar-refractivity contribution < 1.29 is 18.0 Å². The molecule has 0 spiro atoms. The van der Waals surface area contributed by atoms with E-state index in [1.54, 1.807) is 20.9 Å². The molecule has 0 aliphatic carbocycles. The maximum atomic E-state index is 12.7. The SMILES string of the molecule is C=CCN(CC(F)(F)F)C(=O)c1cc(C)nc2c1c(C)nn2C. The van der Waals surface area contributed by atoms with Gasteiger partial charge in [-0.15, -0.1) is 6.58 Å². The van der Waals surface area contributed by atoms with Gasteiger partial charge in [0.1, 0.15) is 6.54 Å². The van der Waals surface area contributed by atoms with Crippen molar-refractivity contribution in [3.05, 3.63) is 35.7 Å². The van der Waals surface area contributed by atoms with Crippen molar-refractivity contribution in [2.24, 2.45) is 7.05 Å². The minimum absolute atomic E-state index is 0.171. The Labute approximate surface area is 131 Å². The molecule has 1 amide bonds. The minimum atomic E-state index is -4.48. The first-order valence-corrected chi connectivity index (χ1v) is 6.92. The van der Waals surface area contributed by atoms with Gasteiger partial charge in [-0.05, 0) is 19.9 Å². The molecule has 0 bridgehead atoms. The monoisotopic (exact) mass is 326 g/mol. The number of carbonyl (C=O) groups excluding carboxylic acids is 1. The highest BCUT2D eigenvalue weighted by atomic mass is 19.4. The van der Waals surface area contributed by atoms with Crippen LogP contribution in [-0.4, -0.2) is 44.8 Å². The van der Waals surface area contributed by atoms with Crippen LogP contribution in [0.15, 0.2) is 18.7 Å². The summed E-state index contributed by atoms with van der Waals surface area (Å²) in [6.45, 7) is 5.26. The first-order chi connectivity index (χ1) is 10.6. The summed E-state index contributed by atoms with van der Waals surface area (Å²) in [6, 6.07) is 1.49. The van der Waals surface area contributed by atoms with E-state index in [0.29, 0.717) is 27.3 Å². The molecule has 124 valence electrons. The number of hydrogen-bond donors (Lipinski definition) is 0. The summed E-state index contributed by atoms with van der Waals surface area (Å²) in [4.78, 5) is 17.7. The molecule has 0 aromatic carbocycles. The third-order valence-corrected chi connectivity index (χ3v) is 3.33. The number of alkyl halides is 3. The fraction of sp³-hybridized carbons (Fsp3) is 0.400. The van der Waals surface area contributed by atoms with Crippen LogP contribution in [0, 0.1) is 13.8 Å². The molecule has 5 nitrogen and oxygen atoms in total. The molecule has 0 aliphatic rings. The van der Waals surface area contributed by atoms with Crippen molar-refractivity contribution in [3.63, 3.8) is 0 Å². The molecule has 0 radical (unpaired) electrons. The summed E-state index contributed by atoms with van der Waals surface area (Å²) in [5.41, 5.74) is 1.72. The van der Waals surface area contributed by atoms with E-state index in [2.05, 4.69) is 16.7 Å². The van der Waals surface area contributed by atoms with E-state index in [9.17, 15) is 18.0 Å². The van der Waals surface area contributed by atoms with Crippen LogP contribution in [0.5, 0.6) is 0 Å². The number of rotatable bonds is 4. The van der Waals surface area contributed by atoms with Gasteiger partial charge in [0, 0.05) is 19.3 Å². The van der Waals surface area contributed by atoms with E-state index >= 15 is 0 Å². The predicted molar refractivity (Wildman–Crippen MR) is 80.1 cm³/mol. The summed E-state index contributed by atoms with van der Waals surface area (Å²) in [5.74, 6) is -0.714. The van der Waals surface area contributed by atoms with Gasteiger partial charge in [-0.3, -0.25) is 9.48 Å². The zero-order valence-electron chi connectivity index (χ0n) is 13.1. The number of aromatic nitrogens is 3. The largest absolute Gasteiger partial charge is 0.406 e. The Morgan fingerprint density at radius 3 is 2.65 bits per heavy atom. The summed E-state index contributed by atoms with van der Waals surface area (Å²) in [6.07, 6.45) is -3.21. The first-order valence-electron chi connectivity index (χ1n) is 6.92. The molecule has 23 heavy (non-hydrogen) atoms. The van der Waals surface area contributed by atoms with E-state index < -0.39 is 18.6 Å². The van der Waals surface area contributed by atoms with Gasteiger partial charge < -0.3 is 4.90 Å². The van der Waals surface area contributed by atoms with E-state index in [4.69, 9.17) is 0 Å². The number of aryl methyl sites for hydroxylation is 3. The Morgan fingerprint density at radius 1 is 1.43 bits per heavy atom. The van der Waals surface area contributed by atoms with E-state index in [1.807, 2.05) is 0 Å². The van der Waals surface area contributed by atoms with Gasteiger partial charge in [-0.25, -0.2) is 4.98 Å². The Balaban J connectivity index is 2.56. The Hall–Kier alpha value is -2.38. The van der Waals surface area contributed by atoms with Crippen LogP contribution in [0.3, 0.4) is 0 Å². The zero-order chi connectivity index (χ0) is 17.4. The van der Waals surface area contributed by atoms with E-state index in [1.165, 1.54) is 16.8 Å². The van der Waals surface area contributed by atoms with Crippen molar-refractivity contribution in [2.45, 2.75) is 20.0 Å². The van der Waals surface area contributed by atoms with Gasteiger partial charge in [0.05, 0.1) is 16.6 Å². The molecular formula is C15H17F3N4O. The average Bonchev–Trinajstić information content (AvgIpc) is 2.70. The van der Waals surface area contributed by atoms with Crippen molar-refractivity contribution in [3.8, 4) is 0 Å². The Bertz CT molecular complexity index is 764. The highest BCUT2D eigenvalue weighted by Crippen LogP contribution is 2.24. The molecular weight excluding hydrogens is 309 g/mol. The summed E-state index contributed by atoms with van der Waals surface area (Å²) >= 11 is 0. The molecule has 2 heterocycles. The van der Waals surface area contributed by atoms with Gasteiger partial charge in [0.15, 0.2) is 5.65 Å². The second-order valence-electron chi connectivity index (χ2n) is 5.31. The molecule has 0 atom stereocenters. The predicted octanol–water partition coefficient (Wildman–Crippen LogP) is 2.78. The van der Waals surface area contributed by atoms with Crippen molar-refractivity contribution in [2.75, 3.05) is 13.1 Å². The van der Waals surface area contributed by atoms with Crippen LogP contribution in [-0.2, 0) is 7.05 Å². The molecule has 0 saturated heterocycles. The third kappa shape index (κ3) is 3.52. The smallest absolute Gasteiger partial charge is 0.326 e. The van der Waals surface area contributed by atoms with E-state index in [0.717, 1.165) is 0 Å². The second kappa shape index (κ2) is 6.02. The van der Waals surface area contributed by atoms with Crippen LogP contribution in [0.2, 0.25) is 0 Å². The first kappa shape index (κ1) is 17.0. The van der Waals surface area contributed by atoms with Crippen molar-refractivity contribution in [1.82, 2.24) is 19.7 Å². The molecule has 2 aromatic heterocycles. The lowest BCUT2D eigenvalue weighted by molar-refractivity contribution is -0.139. The lowest BCUT2D eigenvalue weighted by Crippen LogP contribution is -2.39. The van der Waals surface area contributed by atoms with Gasteiger partial charge in [0.25, 0.3) is 5.91 Å². The maximum Gasteiger partial charge on any atom is 0.406 e. The highest BCUT2D eigenvalue weighted by Gasteiger charge is 2.33. The second-order valence-corrected chi connectivity index (χ2v) is 5.31. The molecule has 0 aliphatic heterocycles. The number of hydrogen-bond acceptors (Lipinski definition) is 3. The third-order valence-electron chi connectivity index (χ3n) is 3.33. The summed E-state index contributed by atoms with van der Waals surface area (Å²) < 4.78 is 39.7. The van der Waals surface area contributed by atoms with Crippen LogP contribution in [0.1, 0.15) is 21.7 Å². The van der Waals surface area contributed by atoms with Crippen molar-refractivity contribution in [1.29, 1.82) is 0 Å². The number of nitrogens with zero attached hydrogens (tertiary/aromatic N) is 4. The van der Waals surface area contributed by atoms with Gasteiger partial charge in [0.2, 0.25) is 0 Å². The molecule has 2 aromatic rings. The molecule has 2 rings (SSSR count). The lowest BCUT2D eigenvalue weighted by atomic mass is 10.1. The Kier molecular flexibility index (Phi) is 4.44. The average molecular weight is 326 g/mol. The van der Waals surface area contributed by atoms with Gasteiger partial charge >= 0.3 is 6.18 Å². The molecule has 0 saturated carbocycles. The minimum Gasteiger partial charge on any atom is -0.326 e. The summed E-state index contributed by atoms with van der Waals surface area (Å²) in [7, 11) is 1.67. The number of halogens is 3. The molecule has 0 unspecified atom stereocenters. The maximum absolute atomic E-state index is 12.7. The van der Waals surface area contributed by atoms with Gasteiger partial charge in [-0.1, -0.05) is 6.08 Å². The number of carbonyl (C=O) groups is 1. The highest BCUT2D eigenvalue weighted by molar-refractivity contribution is 6.06. The van der Waals surface area contributed by atoms with Crippen LogP contribution >= 0.6 is 0 Å². The van der Waals surface area contributed by atoms with Crippen LogP contribution in [0.25, 0.3) is 11.0 Å². The van der Waals surface area contributed by atoms with Gasteiger partial charge in [-0.2, -0.15) is 18.3 Å². The fourth-order valence-electron chi connectivity index (χ4n) is 2.50. The number of fused-ring (bicyclic) bond motifs is 1. The topological polar surface area (TPSA) is 51.0 Å². The quantitative estimate of drug-likeness (QED) is 0.812. The van der Waals surface area contributed by atoms with Crippen LogP contribution < -0.4 is 0 Å². The molecule has 0 N–H and O–H groups in total. The number of pyridine rings is 1. The normalized spacial score (nSPS) is 11.7. The van der Waals surface area contributed by atoms with Crippen molar-refractivity contribution >= 4 is 16.9 Å². The fourth-order valence-corrected chi connectivity index (χ4v) is 2.50. The standard InChI is InChI=1S/C15H17F3N4O/c1-5-6-22(8-15(16,17)18)14(23)11-7-9(2)19-13-12(11)10(3)20-21(13)4/h5,7H,1,6,8H2,2-4H3. The van der Waals surface area contributed by atoms with E-state index in [-0.39, 0.29) is 12.1 Å². The van der Waals surface area contributed by atoms with Crippen LogP contribution in [0.4, 0.5) is 13.2 Å². The molecule has 0 fully saturated rings. The molecule has 8 heteroatoms. The Morgan fingerprint density at radius 2 is 2.09 bits per heavy atom. The summed E-state index contributed by atoms with van der Waals surface area (Å²) in [5, 5.41) is 4.67. The zero-order valence-corrected chi connectivity index (χ0v) is 13.1.